The molecule has 1 nitrogen and oxygen atoms in total. The molecule has 0 saturated heterocycles. The molecule has 102 valence electrons. The number of fused-ring (bicyclic) bond motifs is 1. The van der Waals surface area contributed by atoms with Crippen LogP contribution in [0.15, 0.2) is 48.7 Å². The van der Waals surface area contributed by atoms with Crippen LogP contribution in [0.1, 0.15) is 11.1 Å². The predicted octanol–water partition coefficient (Wildman–Crippen LogP) is 4.57. The minimum Gasteiger partial charge on any atom is -0.243 e. The highest BCUT2D eigenvalue weighted by atomic mass is 35.5. The summed E-state index contributed by atoms with van der Waals surface area (Å²) < 4.78 is 27.1. The predicted molar refractivity (Wildman–Crippen MR) is 79.1 cm³/mol. The Labute approximate surface area is 125 Å². The van der Waals surface area contributed by atoms with Crippen LogP contribution in [0.4, 0.5) is 8.78 Å². The van der Waals surface area contributed by atoms with Crippen molar-refractivity contribution in [3.8, 4) is 11.8 Å². The fourth-order valence-corrected chi connectivity index (χ4v) is 2.22. The molecular formula is C17H8ClF2N. The number of nitrogens with zero attached hydrogens (tertiary/aromatic N) is 1. The minimum absolute atomic E-state index is 0.253. The smallest absolute Gasteiger partial charge is 0.141 e. The summed E-state index contributed by atoms with van der Waals surface area (Å²) in [5.41, 5.74) is 0.314. The monoisotopic (exact) mass is 299 g/mol. The van der Waals surface area contributed by atoms with Crippen LogP contribution in [0.2, 0.25) is 5.15 Å². The standard InChI is InChI=1S/C17H8ClF2N/c18-17-13-5-2-1-4-12(13)11(10-21-17)8-9-14-15(19)6-3-7-16(14)20/h1-7,10H. The van der Waals surface area contributed by atoms with E-state index < -0.39 is 11.6 Å². The molecule has 0 bridgehead atoms. The van der Waals surface area contributed by atoms with Crippen LogP contribution in [0.25, 0.3) is 10.8 Å². The number of hydrogen-bond donors (Lipinski definition) is 0. The zero-order valence-electron chi connectivity index (χ0n) is 10.7. The van der Waals surface area contributed by atoms with Crippen LogP contribution < -0.4 is 0 Å². The summed E-state index contributed by atoms with van der Waals surface area (Å²) in [7, 11) is 0. The zero-order chi connectivity index (χ0) is 14.8. The first kappa shape index (κ1) is 13.5. The highest BCUT2D eigenvalue weighted by Crippen LogP contribution is 2.23. The summed E-state index contributed by atoms with van der Waals surface area (Å²) >= 11 is 6.02. The average molecular weight is 300 g/mol. The van der Waals surface area contributed by atoms with Crippen molar-refractivity contribution in [1.29, 1.82) is 0 Å². The molecule has 0 aliphatic rings. The van der Waals surface area contributed by atoms with E-state index in [0.29, 0.717) is 10.7 Å². The maximum absolute atomic E-state index is 13.6. The van der Waals surface area contributed by atoms with E-state index in [2.05, 4.69) is 16.8 Å². The average Bonchev–Trinajstić information content (AvgIpc) is 2.49. The molecule has 0 saturated carbocycles. The third kappa shape index (κ3) is 2.58. The van der Waals surface area contributed by atoms with Gasteiger partial charge in [-0.2, -0.15) is 0 Å². The van der Waals surface area contributed by atoms with Gasteiger partial charge in [-0.3, -0.25) is 0 Å². The third-order valence-corrected chi connectivity index (χ3v) is 3.33. The van der Waals surface area contributed by atoms with Crippen LogP contribution >= 0.6 is 11.6 Å². The summed E-state index contributed by atoms with van der Waals surface area (Å²) in [5.74, 6) is 3.91. The Bertz CT molecular complexity index is 874. The Morgan fingerprint density at radius 1 is 0.857 bits per heavy atom. The van der Waals surface area contributed by atoms with Crippen LogP contribution in [0.5, 0.6) is 0 Å². The normalized spacial score (nSPS) is 10.2. The number of rotatable bonds is 0. The fourth-order valence-electron chi connectivity index (χ4n) is 2.00. The lowest BCUT2D eigenvalue weighted by Crippen LogP contribution is -1.90. The van der Waals surface area contributed by atoms with E-state index in [9.17, 15) is 8.78 Å². The van der Waals surface area contributed by atoms with Gasteiger partial charge in [0.05, 0.1) is 11.1 Å². The van der Waals surface area contributed by atoms with Gasteiger partial charge in [-0.25, -0.2) is 13.8 Å². The fraction of sp³-hybridized carbons (Fsp3) is 0. The van der Waals surface area contributed by atoms with Gasteiger partial charge >= 0.3 is 0 Å². The number of pyridine rings is 1. The lowest BCUT2D eigenvalue weighted by molar-refractivity contribution is 0.577. The molecule has 4 heteroatoms. The van der Waals surface area contributed by atoms with E-state index in [4.69, 9.17) is 11.6 Å². The second-order valence-electron chi connectivity index (χ2n) is 4.35. The van der Waals surface area contributed by atoms with Crippen LogP contribution in [-0.2, 0) is 0 Å². The lowest BCUT2D eigenvalue weighted by Gasteiger charge is -2.01. The summed E-state index contributed by atoms with van der Waals surface area (Å²) in [5, 5.41) is 1.91. The van der Waals surface area contributed by atoms with Gasteiger partial charge in [-0.15, -0.1) is 0 Å². The number of hydrogen-bond acceptors (Lipinski definition) is 1. The molecule has 3 aromatic rings. The molecular weight excluding hydrogens is 292 g/mol. The SMILES string of the molecule is Fc1cccc(F)c1C#Cc1cnc(Cl)c2ccccc12. The van der Waals surface area contributed by atoms with Crippen LogP contribution in [-0.4, -0.2) is 4.98 Å². The Balaban J connectivity index is 2.16. The Morgan fingerprint density at radius 2 is 1.52 bits per heavy atom. The molecule has 0 unspecified atom stereocenters. The van der Waals surface area contributed by atoms with Gasteiger partial charge in [0.1, 0.15) is 16.8 Å². The molecule has 0 atom stereocenters. The highest BCUT2D eigenvalue weighted by molar-refractivity contribution is 6.34. The van der Waals surface area contributed by atoms with E-state index >= 15 is 0 Å². The Kier molecular flexibility index (Phi) is 3.55. The second-order valence-corrected chi connectivity index (χ2v) is 4.71. The number of benzene rings is 2. The maximum atomic E-state index is 13.6. The van der Waals surface area contributed by atoms with Gasteiger partial charge < -0.3 is 0 Å². The molecule has 0 aliphatic carbocycles. The van der Waals surface area contributed by atoms with Crippen molar-refractivity contribution in [3.63, 3.8) is 0 Å². The Hall–Kier alpha value is -2.44. The van der Waals surface area contributed by atoms with Crippen molar-refractivity contribution in [2.24, 2.45) is 0 Å². The first-order valence-electron chi connectivity index (χ1n) is 6.16. The summed E-state index contributed by atoms with van der Waals surface area (Å²) in [6.07, 6.45) is 1.50. The number of halogens is 3. The van der Waals surface area contributed by atoms with Crippen molar-refractivity contribution >= 4 is 22.4 Å². The van der Waals surface area contributed by atoms with Crippen LogP contribution in [0, 0.1) is 23.5 Å². The number of aromatic nitrogens is 1. The maximum Gasteiger partial charge on any atom is 0.141 e. The summed E-state index contributed by atoms with van der Waals surface area (Å²) in [6, 6.07) is 11.0. The van der Waals surface area contributed by atoms with Crippen molar-refractivity contribution in [3.05, 3.63) is 76.6 Å². The summed E-state index contributed by atoms with van der Waals surface area (Å²) in [6.45, 7) is 0. The molecule has 1 aromatic heterocycles. The molecule has 1 heterocycles. The van der Waals surface area contributed by atoms with Gasteiger partial charge in [-0.05, 0) is 12.1 Å². The molecule has 21 heavy (non-hydrogen) atoms. The van der Waals surface area contributed by atoms with Crippen molar-refractivity contribution in [2.45, 2.75) is 0 Å². The quantitative estimate of drug-likeness (QED) is 0.438. The molecule has 0 amide bonds. The van der Waals surface area contributed by atoms with E-state index in [0.717, 1.165) is 10.8 Å². The zero-order valence-corrected chi connectivity index (χ0v) is 11.5. The molecule has 0 aliphatic heterocycles. The van der Waals surface area contributed by atoms with E-state index in [-0.39, 0.29) is 5.56 Å². The van der Waals surface area contributed by atoms with Crippen molar-refractivity contribution < 1.29 is 8.78 Å². The van der Waals surface area contributed by atoms with E-state index in [1.165, 1.54) is 24.4 Å². The van der Waals surface area contributed by atoms with E-state index in [1.807, 2.05) is 24.3 Å². The molecule has 0 fully saturated rings. The molecule has 0 spiro atoms. The van der Waals surface area contributed by atoms with Gasteiger partial charge in [0, 0.05) is 17.0 Å². The van der Waals surface area contributed by atoms with E-state index in [1.54, 1.807) is 0 Å². The van der Waals surface area contributed by atoms with Crippen LogP contribution in [0.3, 0.4) is 0 Å². The second kappa shape index (κ2) is 5.51. The topological polar surface area (TPSA) is 12.9 Å². The van der Waals surface area contributed by atoms with Crippen molar-refractivity contribution in [2.75, 3.05) is 0 Å². The summed E-state index contributed by atoms with van der Waals surface area (Å²) in [4.78, 5) is 4.04. The first-order valence-corrected chi connectivity index (χ1v) is 6.54. The highest BCUT2D eigenvalue weighted by Gasteiger charge is 2.06. The third-order valence-electron chi connectivity index (χ3n) is 3.03. The molecule has 0 radical (unpaired) electrons. The molecule has 2 aromatic carbocycles. The largest absolute Gasteiger partial charge is 0.243 e. The molecule has 3 rings (SSSR count). The van der Waals surface area contributed by atoms with Gasteiger partial charge in [0.15, 0.2) is 0 Å². The first-order chi connectivity index (χ1) is 10.2. The van der Waals surface area contributed by atoms with Gasteiger partial charge in [0.25, 0.3) is 0 Å². The Morgan fingerprint density at radius 3 is 2.24 bits per heavy atom. The van der Waals surface area contributed by atoms with Gasteiger partial charge in [0.2, 0.25) is 0 Å². The van der Waals surface area contributed by atoms with Gasteiger partial charge in [-0.1, -0.05) is 53.8 Å². The minimum atomic E-state index is -0.686. The van der Waals surface area contributed by atoms with Crippen molar-refractivity contribution in [1.82, 2.24) is 4.98 Å². The molecule has 0 N–H and O–H groups in total. The lowest BCUT2D eigenvalue weighted by atomic mass is 10.1.